The molecule has 1 atom stereocenters. The van der Waals surface area contributed by atoms with Gasteiger partial charge in [0, 0.05) is 38.3 Å². The summed E-state index contributed by atoms with van der Waals surface area (Å²) in [6.45, 7) is 0. The van der Waals surface area contributed by atoms with Crippen LogP contribution in [0.2, 0.25) is 0 Å². The predicted octanol–water partition coefficient (Wildman–Crippen LogP) is 11.8. The molecule has 0 bridgehead atoms. The van der Waals surface area contributed by atoms with E-state index in [9.17, 15) is 0 Å². The summed E-state index contributed by atoms with van der Waals surface area (Å²) in [5.41, 5.74) is 12.3. The number of hydrogen-bond donors (Lipinski definition) is 1. The minimum absolute atomic E-state index is 0.230. The molecule has 1 unspecified atom stereocenters. The number of rotatable bonds is 4. The number of anilines is 1. The molecule has 11 rings (SSSR count). The van der Waals surface area contributed by atoms with Crippen LogP contribution in [0.3, 0.4) is 0 Å². The van der Waals surface area contributed by atoms with E-state index >= 15 is 0 Å². The van der Waals surface area contributed by atoms with Crippen LogP contribution < -0.4 is 5.32 Å². The van der Waals surface area contributed by atoms with E-state index in [2.05, 4.69) is 160 Å². The lowest BCUT2D eigenvalue weighted by Crippen LogP contribution is -2.13. The van der Waals surface area contributed by atoms with Crippen molar-refractivity contribution in [1.82, 2.24) is 9.13 Å². The number of para-hydroxylation sites is 4. The zero-order valence-electron chi connectivity index (χ0n) is 27.5. The van der Waals surface area contributed by atoms with Crippen LogP contribution in [-0.2, 0) is 0 Å². The maximum Gasteiger partial charge on any atom is 0.169 e. The van der Waals surface area contributed by atoms with E-state index in [1.165, 1.54) is 54.7 Å². The molecule has 1 aliphatic rings. The van der Waals surface area contributed by atoms with E-state index in [1.807, 2.05) is 24.4 Å². The third-order valence-corrected chi connectivity index (χ3v) is 10.4. The Morgan fingerprint density at radius 3 is 1.94 bits per heavy atom. The quantitative estimate of drug-likeness (QED) is 0.205. The first-order valence-electron chi connectivity index (χ1n) is 17.3. The molecule has 1 aliphatic heterocycles. The molecule has 3 aromatic heterocycles. The van der Waals surface area contributed by atoms with Crippen molar-refractivity contribution in [2.45, 2.75) is 6.17 Å². The van der Waals surface area contributed by atoms with Gasteiger partial charge in [-0.2, -0.15) is 0 Å². The van der Waals surface area contributed by atoms with Crippen molar-refractivity contribution in [2.75, 3.05) is 5.32 Å². The van der Waals surface area contributed by atoms with Gasteiger partial charge in [0.25, 0.3) is 0 Å². The van der Waals surface area contributed by atoms with Gasteiger partial charge in [0.2, 0.25) is 0 Å². The van der Waals surface area contributed by atoms with Crippen molar-refractivity contribution < 1.29 is 4.42 Å². The molecule has 51 heavy (non-hydrogen) atoms. The molecule has 0 saturated heterocycles. The first kappa shape index (κ1) is 28.0. The van der Waals surface area contributed by atoms with Gasteiger partial charge in [-0.1, -0.05) is 97.1 Å². The number of furan rings is 1. The van der Waals surface area contributed by atoms with Gasteiger partial charge in [-0.3, -0.25) is 4.99 Å². The summed E-state index contributed by atoms with van der Waals surface area (Å²) in [7, 11) is 0. The molecule has 0 amide bonds. The Labute approximate surface area is 293 Å². The van der Waals surface area contributed by atoms with Crippen LogP contribution >= 0.6 is 0 Å². The number of aliphatic imine (C=N–C) groups is 1. The molecular formula is C46H30N4O. The van der Waals surface area contributed by atoms with Gasteiger partial charge in [0.15, 0.2) is 5.76 Å². The van der Waals surface area contributed by atoms with Crippen molar-refractivity contribution in [2.24, 2.45) is 4.99 Å². The van der Waals surface area contributed by atoms with Gasteiger partial charge < -0.3 is 18.9 Å². The molecule has 0 radical (unpaired) electrons. The fourth-order valence-corrected chi connectivity index (χ4v) is 8.06. The molecule has 0 aliphatic carbocycles. The zero-order chi connectivity index (χ0) is 33.5. The van der Waals surface area contributed by atoms with Gasteiger partial charge in [-0.05, 0) is 83.4 Å². The highest BCUT2D eigenvalue weighted by atomic mass is 16.3. The second kappa shape index (κ2) is 10.8. The minimum atomic E-state index is -0.230. The van der Waals surface area contributed by atoms with Crippen LogP contribution in [0.1, 0.15) is 17.5 Å². The summed E-state index contributed by atoms with van der Waals surface area (Å²) >= 11 is 0. The lowest BCUT2D eigenvalue weighted by atomic mass is 10.0. The molecule has 0 saturated carbocycles. The monoisotopic (exact) mass is 654 g/mol. The summed E-state index contributed by atoms with van der Waals surface area (Å²) in [5.74, 6) is 0.765. The molecular weight excluding hydrogens is 625 g/mol. The molecule has 4 heterocycles. The Morgan fingerprint density at radius 1 is 0.471 bits per heavy atom. The minimum Gasteiger partial charge on any atom is -0.453 e. The Kier molecular flexibility index (Phi) is 5.95. The van der Waals surface area contributed by atoms with Crippen LogP contribution in [-0.4, -0.2) is 15.3 Å². The van der Waals surface area contributed by atoms with E-state index in [0.717, 1.165) is 39.4 Å². The third-order valence-electron chi connectivity index (χ3n) is 10.4. The van der Waals surface area contributed by atoms with Gasteiger partial charge >= 0.3 is 0 Å². The highest BCUT2D eigenvalue weighted by Crippen LogP contribution is 2.40. The topological polar surface area (TPSA) is 47.4 Å². The second-order valence-corrected chi connectivity index (χ2v) is 13.3. The van der Waals surface area contributed by atoms with Crippen molar-refractivity contribution in [3.8, 4) is 22.5 Å². The summed E-state index contributed by atoms with van der Waals surface area (Å²) in [4.78, 5) is 4.86. The average Bonchev–Trinajstić information content (AvgIpc) is 3.85. The van der Waals surface area contributed by atoms with E-state index < -0.39 is 0 Å². The van der Waals surface area contributed by atoms with Crippen molar-refractivity contribution >= 4 is 66.5 Å². The van der Waals surface area contributed by atoms with E-state index in [-0.39, 0.29) is 6.17 Å². The molecule has 1 N–H and O–H groups in total. The Morgan fingerprint density at radius 2 is 1.10 bits per heavy atom. The third kappa shape index (κ3) is 4.25. The molecule has 10 aromatic rings. The normalized spacial score (nSPS) is 14.2. The van der Waals surface area contributed by atoms with Crippen LogP contribution in [0.15, 0.2) is 173 Å². The smallest absolute Gasteiger partial charge is 0.169 e. The number of benzene rings is 7. The fourth-order valence-electron chi connectivity index (χ4n) is 8.06. The lowest BCUT2D eigenvalue weighted by Gasteiger charge is -2.20. The Hall–Kier alpha value is -6.85. The predicted molar refractivity (Wildman–Crippen MR) is 211 cm³/mol. The van der Waals surface area contributed by atoms with Crippen LogP contribution in [0.5, 0.6) is 0 Å². The van der Waals surface area contributed by atoms with Crippen molar-refractivity contribution in [3.05, 3.63) is 175 Å². The molecule has 7 aromatic carbocycles. The number of nitrogens with zero attached hydrogens (tertiary/aromatic N) is 3. The van der Waals surface area contributed by atoms with Crippen LogP contribution in [0, 0.1) is 0 Å². The highest BCUT2D eigenvalue weighted by Gasteiger charge is 2.22. The summed E-state index contributed by atoms with van der Waals surface area (Å²) in [6.07, 6.45) is 1.62. The van der Waals surface area contributed by atoms with Gasteiger partial charge in [-0.15, -0.1) is 0 Å². The molecule has 0 fully saturated rings. The van der Waals surface area contributed by atoms with Crippen LogP contribution in [0.4, 0.5) is 5.69 Å². The second-order valence-electron chi connectivity index (χ2n) is 13.3. The van der Waals surface area contributed by atoms with Gasteiger partial charge in [0.05, 0.1) is 34.0 Å². The largest absolute Gasteiger partial charge is 0.453 e. The summed E-state index contributed by atoms with van der Waals surface area (Å²) in [6, 6.07) is 58.6. The van der Waals surface area contributed by atoms with Crippen molar-refractivity contribution in [1.29, 1.82) is 0 Å². The number of nitrogens with one attached hydrogen (secondary N) is 1. The van der Waals surface area contributed by atoms with Crippen molar-refractivity contribution in [3.63, 3.8) is 0 Å². The molecule has 5 nitrogen and oxygen atoms in total. The maximum atomic E-state index is 6.05. The number of fused-ring (bicyclic) bond motifs is 9. The first-order valence-corrected chi connectivity index (χ1v) is 17.3. The number of hydrogen-bond acceptors (Lipinski definition) is 3. The first-order chi connectivity index (χ1) is 25.3. The molecule has 0 spiro atoms. The Bertz CT molecular complexity index is 3020. The highest BCUT2D eigenvalue weighted by molar-refractivity contribution is 6.12. The van der Waals surface area contributed by atoms with Gasteiger partial charge in [-0.25, -0.2) is 0 Å². The maximum absolute atomic E-state index is 6.05. The SMILES string of the molecule is C1=NC(c2cccc(-n3c4ccccc4c4ccc(-c5ccc6c(c5)c5ccccc5n6-c5ccccc5)cc43)c2)Nc2c1oc1ccccc21. The number of aromatic nitrogens is 2. The van der Waals surface area contributed by atoms with Gasteiger partial charge in [0.1, 0.15) is 11.7 Å². The molecule has 5 heteroatoms. The Balaban J connectivity index is 1.05. The van der Waals surface area contributed by atoms with Crippen LogP contribution in [0.25, 0.3) is 77.1 Å². The van der Waals surface area contributed by atoms with E-state index in [4.69, 9.17) is 9.41 Å². The van der Waals surface area contributed by atoms with E-state index in [1.54, 1.807) is 0 Å². The molecule has 240 valence electrons. The fraction of sp³-hybridized carbons (Fsp3) is 0.0217. The zero-order valence-corrected chi connectivity index (χ0v) is 27.5. The lowest BCUT2D eigenvalue weighted by molar-refractivity contribution is 0.603. The van der Waals surface area contributed by atoms with E-state index in [0.29, 0.717) is 0 Å². The standard InChI is InChI=1S/C46H30N4O/c1-2-12-32(13-3-1)49-40-19-8-5-16-35(40)38-26-29(22-24-41(38)49)30-21-23-36-34-15-4-7-18-39(34)50(42(36)27-30)33-14-10-11-31(25-33)46-47-28-44-45(48-46)37-17-6-9-20-43(37)51-44/h1-28,46,48H. The average molecular weight is 655 g/mol. The summed E-state index contributed by atoms with van der Waals surface area (Å²) < 4.78 is 10.8. The summed E-state index contributed by atoms with van der Waals surface area (Å²) in [5, 5.41) is 9.67.